The molecule has 0 aliphatic carbocycles. The van der Waals surface area contributed by atoms with E-state index in [0.717, 1.165) is 43.6 Å². The number of nitrogens with two attached hydrogens (primary N) is 1. The average molecular weight is 232 g/mol. The molecule has 1 aliphatic rings. The van der Waals surface area contributed by atoms with Gasteiger partial charge >= 0.3 is 0 Å². The van der Waals surface area contributed by atoms with E-state index in [-0.39, 0.29) is 0 Å². The second-order valence-corrected chi connectivity index (χ2v) is 4.87. The van der Waals surface area contributed by atoms with Crippen molar-refractivity contribution in [3.05, 3.63) is 29.8 Å². The van der Waals surface area contributed by atoms with Crippen molar-refractivity contribution in [1.29, 1.82) is 0 Å². The van der Waals surface area contributed by atoms with Crippen LogP contribution in [0.4, 0.5) is 5.69 Å². The summed E-state index contributed by atoms with van der Waals surface area (Å²) in [4.78, 5) is 13.8. The highest BCUT2D eigenvalue weighted by molar-refractivity contribution is 5.78. The van der Waals surface area contributed by atoms with Crippen LogP contribution in [0.3, 0.4) is 0 Å². The Kier molecular flexibility index (Phi) is 3.67. The molecule has 1 unspecified atom stereocenters. The molecule has 1 amide bonds. The molecule has 0 saturated carbocycles. The molecule has 3 nitrogen and oxygen atoms in total. The SMILES string of the molecule is CCCC1CC(=O)N(Cc2ccc(N)cc2)C1. The van der Waals surface area contributed by atoms with Crippen LogP contribution in [0, 0.1) is 5.92 Å². The number of amides is 1. The van der Waals surface area contributed by atoms with E-state index in [9.17, 15) is 4.79 Å². The predicted molar refractivity (Wildman–Crippen MR) is 69.3 cm³/mol. The molecule has 92 valence electrons. The molecule has 1 atom stereocenters. The summed E-state index contributed by atoms with van der Waals surface area (Å²) < 4.78 is 0. The van der Waals surface area contributed by atoms with Crippen LogP contribution in [0.2, 0.25) is 0 Å². The van der Waals surface area contributed by atoms with Crippen molar-refractivity contribution in [2.24, 2.45) is 5.92 Å². The molecule has 0 spiro atoms. The fourth-order valence-corrected chi connectivity index (χ4v) is 2.45. The summed E-state index contributed by atoms with van der Waals surface area (Å²) in [6, 6.07) is 7.77. The lowest BCUT2D eigenvalue weighted by Gasteiger charge is -2.16. The number of nitrogens with zero attached hydrogens (tertiary/aromatic N) is 1. The van der Waals surface area contributed by atoms with Gasteiger partial charge in [-0.3, -0.25) is 4.79 Å². The summed E-state index contributed by atoms with van der Waals surface area (Å²) in [5.41, 5.74) is 7.57. The molecular weight excluding hydrogens is 212 g/mol. The number of likely N-dealkylation sites (tertiary alicyclic amines) is 1. The summed E-state index contributed by atoms with van der Waals surface area (Å²) in [7, 11) is 0. The Morgan fingerprint density at radius 2 is 2.06 bits per heavy atom. The van der Waals surface area contributed by atoms with E-state index in [1.165, 1.54) is 0 Å². The summed E-state index contributed by atoms with van der Waals surface area (Å²) in [5.74, 6) is 0.849. The average Bonchev–Trinajstić information content (AvgIpc) is 2.63. The summed E-state index contributed by atoms with van der Waals surface area (Å²) in [5, 5.41) is 0. The Hall–Kier alpha value is -1.51. The van der Waals surface area contributed by atoms with Gasteiger partial charge in [0.1, 0.15) is 0 Å². The molecule has 1 aliphatic heterocycles. The number of hydrogen-bond donors (Lipinski definition) is 1. The smallest absolute Gasteiger partial charge is 0.223 e. The lowest BCUT2D eigenvalue weighted by Crippen LogP contribution is -2.24. The van der Waals surface area contributed by atoms with E-state index >= 15 is 0 Å². The zero-order valence-corrected chi connectivity index (χ0v) is 10.4. The summed E-state index contributed by atoms with van der Waals surface area (Å²) in [6.45, 7) is 3.81. The summed E-state index contributed by atoms with van der Waals surface area (Å²) in [6.07, 6.45) is 3.04. The number of hydrogen-bond acceptors (Lipinski definition) is 2. The van der Waals surface area contributed by atoms with Gasteiger partial charge in [0.25, 0.3) is 0 Å². The number of anilines is 1. The normalized spacial score (nSPS) is 19.9. The topological polar surface area (TPSA) is 46.3 Å². The van der Waals surface area contributed by atoms with Gasteiger partial charge < -0.3 is 10.6 Å². The second-order valence-electron chi connectivity index (χ2n) is 4.87. The lowest BCUT2D eigenvalue weighted by molar-refractivity contribution is -0.128. The van der Waals surface area contributed by atoms with E-state index in [1.807, 2.05) is 29.2 Å². The number of nitrogen functional groups attached to an aromatic ring is 1. The van der Waals surface area contributed by atoms with Gasteiger partial charge in [-0.2, -0.15) is 0 Å². The minimum atomic E-state index is 0.292. The molecular formula is C14H20N2O. The van der Waals surface area contributed by atoms with Crippen molar-refractivity contribution in [3.8, 4) is 0 Å². The molecule has 0 radical (unpaired) electrons. The van der Waals surface area contributed by atoms with Crippen LogP contribution in [0.5, 0.6) is 0 Å². The van der Waals surface area contributed by atoms with E-state index < -0.39 is 0 Å². The maximum absolute atomic E-state index is 11.8. The first-order chi connectivity index (χ1) is 8.19. The summed E-state index contributed by atoms with van der Waals surface area (Å²) >= 11 is 0. The van der Waals surface area contributed by atoms with Gasteiger partial charge in [0, 0.05) is 25.2 Å². The minimum absolute atomic E-state index is 0.292. The minimum Gasteiger partial charge on any atom is -0.399 e. The molecule has 1 aromatic rings. The molecule has 3 heteroatoms. The Bertz CT molecular complexity index is 386. The fraction of sp³-hybridized carbons (Fsp3) is 0.500. The second kappa shape index (κ2) is 5.21. The molecule has 2 N–H and O–H groups in total. The van der Waals surface area contributed by atoms with Crippen LogP contribution in [0.1, 0.15) is 31.7 Å². The van der Waals surface area contributed by atoms with Gasteiger partial charge in [0.2, 0.25) is 5.91 Å². The number of carbonyl (C=O) groups excluding carboxylic acids is 1. The molecule has 1 heterocycles. The molecule has 1 saturated heterocycles. The van der Waals surface area contributed by atoms with Crippen LogP contribution >= 0.6 is 0 Å². The molecule has 1 aromatic carbocycles. The molecule has 2 rings (SSSR count). The van der Waals surface area contributed by atoms with Crippen LogP contribution in [-0.2, 0) is 11.3 Å². The van der Waals surface area contributed by atoms with Crippen molar-refractivity contribution >= 4 is 11.6 Å². The third kappa shape index (κ3) is 2.99. The number of benzene rings is 1. The van der Waals surface area contributed by atoms with E-state index in [4.69, 9.17) is 5.73 Å². The number of rotatable bonds is 4. The van der Waals surface area contributed by atoms with Gasteiger partial charge in [-0.05, 0) is 30.0 Å². The van der Waals surface area contributed by atoms with E-state index in [1.54, 1.807) is 0 Å². The molecule has 0 aromatic heterocycles. The van der Waals surface area contributed by atoms with E-state index in [0.29, 0.717) is 11.8 Å². The first-order valence-corrected chi connectivity index (χ1v) is 6.31. The standard InChI is InChI=1S/C14H20N2O/c1-2-3-12-8-14(17)16(10-12)9-11-4-6-13(15)7-5-11/h4-7,12H,2-3,8-10,15H2,1H3. The first kappa shape index (κ1) is 12.0. The monoisotopic (exact) mass is 232 g/mol. The first-order valence-electron chi connectivity index (χ1n) is 6.31. The molecule has 17 heavy (non-hydrogen) atoms. The largest absolute Gasteiger partial charge is 0.399 e. The highest BCUT2D eigenvalue weighted by Crippen LogP contribution is 2.23. The Balaban J connectivity index is 1.95. The highest BCUT2D eigenvalue weighted by atomic mass is 16.2. The van der Waals surface area contributed by atoms with Gasteiger partial charge in [-0.1, -0.05) is 25.5 Å². The third-order valence-electron chi connectivity index (χ3n) is 3.34. The van der Waals surface area contributed by atoms with Crippen LogP contribution < -0.4 is 5.73 Å². The molecule has 0 bridgehead atoms. The van der Waals surface area contributed by atoms with Gasteiger partial charge in [-0.25, -0.2) is 0 Å². The Morgan fingerprint density at radius 1 is 1.35 bits per heavy atom. The van der Waals surface area contributed by atoms with Crippen molar-refractivity contribution in [2.75, 3.05) is 12.3 Å². The highest BCUT2D eigenvalue weighted by Gasteiger charge is 2.28. The maximum Gasteiger partial charge on any atom is 0.223 e. The van der Waals surface area contributed by atoms with Crippen molar-refractivity contribution in [2.45, 2.75) is 32.7 Å². The van der Waals surface area contributed by atoms with Gasteiger partial charge in [-0.15, -0.1) is 0 Å². The van der Waals surface area contributed by atoms with Crippen molar-refractivity contribution in [3.63, 3.8) is 0 Å². The van der Waals surface area contributed by atoms with Crippen LogP contribution in [-0.4, -0.2) is 17.4 Å². The lowest BCUT2D eigenvalue weighted by atomic mass is 10.0. The van der Waals surface area contributed by atoms with Crippen molar-refractivity contribution < 1.29 is 4.79 Å². The Morgan fingerprint density at radius 3 is 2.71 bits per heavy atom. The van der Waals surface area contributed by atoms with Crippen LogP contribution in [0.15, 0.2) is 24.3 Å². The van der Waals surface area contributed by atoms with E-state index in [2.05, 4.69) is 6.92 Å². The van der Waals surface area contributed by atoms with Crippen molar-refractivity contribution in [1.82, 2.24) is 4.90 Å². The fourth-order valence-electron chi connectivity index (χ4n) is 2.45. The zero-order valence-electron chi connectivity index (χ0n) is 10.4. The van der Waals surface area contributed by atoms with Gasteiger partial charge in [0.15, 0.2) is 0 Å². The maximum atomic E-state index is 11.8. The zero-order chi connectivity index (χ0) is 12.3. The third-order valence-corrected chi connectivity index (χ3v) is 3.34. The number of carbonyl (C=O) groups is 1. The Labute approximate surface area is 103 Å². The quantitative estimate of drug-likeness (QED) is 0.810. The van der Waals surface area contributed by atoms with Crippen LogP contribution in [0.25, 0.3) is 0 Å². The molecule has 1 fully saturated rings. The predicted octanol–water partition coefficient (Wildman–Crippen LogP) is 2.42. The van der Waals surface area contributed by atoms with Gasteiger partial charge in [0.05, 0.1) is 0 Å².